The minimum Gasteiger partial charge on any atom is -0.496 e. The van der Waals surface area contributed by atoms with Gasteiger partial charge in [-0.25, -0.2) is 0 Å². The van der Waals surface area contributed by atoms with Crippen molar-refractivity contribution in [2.45, 2.75) is 6.04 Å². The maximum atomic E-state index is 12.6. The van der Waals surface area contributed by atoms with Crippen LogP contribution in [0.5, 0.6) is 5.75 Å². The molecule has 6 heteroatoms. The molecular formula is C19H19N3O3. The number of hydrogen-bond donors (Lipinski definition) is 3. The van der Waals surface area contributed by atoms with Crippen LogP contribution in [0.25, 0.3) is 11.1 Å². The molecular weight excluding hydrogens is 318 g/mol. The molecule has 3 rings (SSSR count). The van der Waals surface area contributed by atoms with E-state index in [4.69, 9.17) is 4.74 Å². The van der Waals surface area contributed by atoms with Crippen LogP contribution in [-0.4, -0.2) is 34.9 Å². The first-order chi connectivity index (χ1) is 12.2. The van der Waals surface area contributed by atoms with Gasteiger partial charge in [0.25, 0.3) is 5.91 Å². The lowest BCUT2D eigenvalue weighted by atomic mass is 10.0. The molecule has 0 aliphatic heterocycles. The molecule has 1 heterocycles. The number of H-pyrrole nitrogens is 1. The summed E-state index contributed by atoms with van der Waals surface area (Å²) in [5.74, 6) is 0.300. The highest BCUT2D eigenvalue weighted by Crippen LogP contribution is 2.30. The lowest BCUT2D eigenvalue weighted by Crippen LogP contribution is -2.30. The standard InChI is InChI=1S/C19H19N3O3/c1-25-18-9-14(7-8-16(18)15-10-20-21-11-15)19(24)22-17(12-23)13-5-3-2-4-6-13/h2-11,17,23H,12H2,1H3,(H,20,21)(H,22,24). The van der Waals surface area contributed by atoms with E-state index in [0.717, 1.165) is 16.7 Å². The van der Waals surface area contributed by atoms with E-state index in [2.05, 4.69) is 15.5 Å². The maximum absolute atomic E-state index is 12.6. The largest absolute Gasteiger partial charge is 0.496 e. The van der Waals surface area contributed by atoms with Crippen molar-refractivity contribution in [3.63, 3.8) is 0 Å². The van der Waals surface area contributed by atoms with Crippen LogP contribution < -0.4 is 10.1 Å². The Balaban J connectivity index is 1.82. The number of nitrogens with zero attached hydrogens (tertiary/aromatic N) is 1. The van der Waals surface area contributed by atoms with Crippen molar-refractivity contribution in [2.75, 3.05) is 13.7 Å². The van der Waals surface area contributed by atoms with Crippen molar-refractivity contribution >= 4 is 5.91 Å². The van der Waals surface area contributed by atoms with E-state index in [-0.39, 0.29) is 12.5 Å². The number of aromatic amines is 1. The van der Waals surface area contributed by atoms with Crippen molar-refractivity contribution in [1.29, 1.82) is 0 Å². The number of aliphatic hydroxyl groups excluding tert-OH is 1. The Labute approximate surface area is 145 Å². The normalized spacial score (nSPS) is 11.8. The number of aliphatic hydroxyl groups is 1. The minimum atomic E-state index is -0.465. The second kappa shape index (κ2) is 7.63. The van der Waals surface area contributed by atoms with Gasteiger partial charge in [-0.1, -0.05) is 30.3 Å². The highest BCUT2D eigenvalue weighted by atomic mass is 16.5. The van der Waals surface area contributed by atoms with Gasteiger partial charge in [0.1, 0.15) is 5.75 Å². The highest BCUT2D eigenvalue weighted by Gasteiger charge is 2.17. The van der Waals surface area contributed by atoms with Crippen molar-refractivity contribution < 1.29 is 14.6 Å². The zero-order valence-corrected chi connectivity index (χ0v) is 13.8. The molecule has 1 unspecified atom stereocenters. The van der Waals surface area contributed by atoms with E-state index in [0.29, 0.717) is 11.3 Å². The average molecular weight is 337 g/mol. The number of carbonyl (C=O) groups excluding carboxylic acids is 1. The topological polar surface area (TPSA) is 87.2 Å². The Morgan fingerprint density at radius 3 is 2.72 bits per heavy atom. The fourth-order valence-corrected chi connectivity index (χ4v) is 2.63. The predicted octanol–water partition coefficient (Wildman–Crippen LogP) is 2.55. The number of methoxy groups -OCH3 is 1. The summed E-state index contributed by atoms with van der Waals surface area (Å²) in [4.78, 5) is 12.6. The van der Waals surface area contributed by atoms with Gasteiger partial charge in [-0.05, 0) is 23.8 Å². The zero-order chi connectivity index (χ0) is 17.6. The van der Waals surface area contributed by atoms with Gasteiger partial charge in [-0.2, -0.15) is 5.10 Å². The summed E-state index contributed by atoms with van der Waals surface area (Å²) in [7, 11) is 1.56. The first-order valence-electron chi connectivity index (χ1n) is 7.86. The molecule has 1 atom stereocenters. The van der Waals surface area contributed by atoms with E-state index >= 15 is 0 Å². The molecule has 25 heavy (non-hydrogen) atoms. The molecule has 2 aromatic carbocycles. The summed E-state index contributed by atoms with van der Waals surface area (Å²) in [6, 6.07) is 14.1. The van der Waals surface area contributed by atoms with Gasteiger partial charge in [0.15, 0.2) is 0 Å². The Morgan fingerprint density at radius 2 is 2.08 bits per heavy atom. The number of ether oxygens (including phenoxy) is 1. The number of hydrogen-bond acceptors (Lipinski definition) is 4. The van der Waals surface area contributed by atoms with E-state index in [1.54, 1.807) is 31.6 Å². The first kappa shape index (κ1) is 16.7. The van der Waals surface area contributed by atoms with Crippen LogP contribution in [0.15, 0.2) is 60.9 Å². The second-order valence-corrected chi connectivity index (χ2v) is 5.52. The molecule has 3 aromatic rings. The van der Waals surface area contributed by atoms with Gasteiger partial charge < -0.3 is 15.2 Å². The van der Waals surface area contributed by atoms with Gasteiger partial charge in [0.2, 0.25) is 0 Å². The Kier molecular flexibility index (Phi) is 5.11. The fraction of sp³-hybridized carbons (Fsp3) is 0.158. The summed E-state index contributed by atoms with van der Waals surface area (Å²) in [5.41, 5.74) is 3.02. The molecule has 0 spiro atoms. The van der Waals surface area contributed by atoms with E-state index in [9.17, 15) is 9.90 Å². The van der Waals surface area contributed by atoms with Gasteiger partial charge in [0, 0.05) is 22.9 Å². The van der Waals surface area contributed by atoms with Gasteiger partial charge in [-0.15, -0.1) is 0 Å². The summed E-state index contributed by atoms with van der Waals surface area (Å²) in [5, 5.41) is 19.1. The van der Waals surface area contributed by atoms with Gasteiger partial charge in [-0.3, -0.25) is 9.89 Å². The van der Waals surface area contributed by atoms with Crippen LogP contribution in [0, 0.1) is 0 Å². The zero-order valence-electron chi connectivity index (χ0n) is 13.8. The molecule has 0 aliphatic carbocycles. The molecule has 6 nitrogen and oxygen atoms in total. The van der Waals surface area contributed by atoms with Crippen LogP contribution >= 0.6 is 0 Å². The third-order valence-electron chi connectivity index (χ3n) is 3.96. The highest BCUT2D eigenvalue weighted by molar-refractivity contribution is 5.95. The SMILES string of the molecule is COc1cc(C(=O)NC(CO)c2ccccc2)ccc1-c1cn[nH]c1. The van der Waals surface area contributed by atoms with Crippen LogP contribution in [0.3, 0.4) is 0 Å². The molecule has 1 aromatic heterocycles. The number of aromatic nitrogens is 2. The van der Waals surface area contributed by atoms with Crippen LogP contribution in [0.4, 0.5) is 0 Å². The number of benzene rings is 2. The summed E-state index contributed by atoms with van der Waals surface area (Å²) < 4.78 is 5.40. The quantitative estimate of drug-likeness (QED) is 0.645. The molecule has 0 saturated carbocycles. The summed E-state index contributed by atoms with van der Waals surface area (Å²) in [6.45, 7) is -0.181. The van der Waals surface area contributed by atoms with Crippen molar-refractivity contribution in [3.8, 4) is 16.9 Å². The number of nitrogens with one attached hydrogen (secondary N) is 2. The average Bonchev–Trinajstić information content (AvgIpc) is 3.20. The summed E-state index contributed by atoms with van der Waals surface area (Å²) >= 11 is 0. The monoisotopic (exact) mass is 337 g/mol. The molecule has 0 bridgehead atoms. The molecule has 128 valence electrons. The van der Waals surface area contributed by atoms with Gasteiger partial charge in [0.05, 0.1) is 26.0 Å². The molecule has 0 saturated heterocycles. The van der Waals surface area contributed by atoms with E-state index in [1.165, 1.54) is 0 Å². The predicted molar refractivity (Wildman–Crippen MR) is 94.3 cm³/mol. The maximum Gasteiger partial charge on any atom is 0.251 e. The smallest absolute Gasteiger partial charge is 0.251 e. The number of carbonyl (C=O) groups is 1. The van der Waals surface area contributed by atoms with Crippen molar-refractivity contribution in [2.24, 2.45) is 0 Å². The second-order valence-electron chi connectivity index (χ2n) is 5.52. The molecule has 0 aliphatic rings. The van der Waals surface area contributed by atoms with E-state index < -0.39 is 6.04 Å². The van der Waals surface area contributed by atoms with Gasteiger partial charge >= 0.3 is 0 Å². The van der Waals surface area contributed by atoms with Crippen molar-refractivity contribution in [1.82, 2.24) is 15.5 Å². The van der Waals surface area contributed by atoms with E-state index in [1.807, 2.05) is 36.4 Å². The molecule has 3 N–H and O–H groups in total. The number of amides is 1. The van der Waals surface area contributed by atoms with Crippen LogP contribution in [0.1, 0.15) is 22.0 Å². The Morgan fingerprint density at radius 1 is 1.28 bits per heavy atom. The third-order valence-corrected chi connectivity index (χ3v) is 3.96. The van der Waals surface area contributed by atoms with Crippen molar-refractivity contribution in [3.05, 3.63) is 72.1 Å². The van der Waals surface area contributed by atoms with Crippen LogP contribution in [-0.2, 0) is 0 Å². The minimum absolute atomic E-state index is 0.181. The number of rotatable bonds is 6. The first-order valence-corrected chi connectivity index (χ1v) is 7.86. The lowest BCUT2D eigenvalue weighted by molar-refractivity contribution is 0.0916. The third kappa shape index (κ3) is 3.70. The Hall–Kier alpha value is -3.12. The lowest BCUT2D eigenvalue weighted by Gasteiger charge is -2.17. The molecule has 0 radical (unpaired) electrons. The molecule has 0 fully saturated rings. The summed E-state index contributed by atoms with van der Waals surface area (Å²) in [6.07, 6.45) is 3.45. The van der Waals surface area contributed by atoms with Crippen LogP contribution in [0.2, 0.25) is 0 Å². The fourth-order valence-electron chi connectivity index (χ4n) is 2.63. The Bertz CT molecular complexity index is 832. The molecule has 1 amide bonds.